The summed E-state index contributed by atoms with van der Waals surface area (Å²) in [5.74, 6) is 0.414. The first-order valence-corrected chi connectivity index (χ1v) is 6.83. The molecule has 1 heterocycles. The molecule has 0 aliphatic carbocycles. The van der Waals surface area contributed by atoms with Crippen LogP contribution in [0.5, 0.6) is 0 Å². The van der Waals surface area contributed by atoms with Crippen LogP contribution in [0, 0.1) is 10.1 Å². The van der Waals surface area contributed by atoms with Gasteiger partial charge in [0, 0.05) is 29.2 Å². The van der Waals surface area contributed by atoms with E-state index in [1.54, 1.807) is 30.3 Å². The van der Waals surface area contributed by atoms with Crippen molar-refractivity contribution in [1.82, 2.24) is 9.97 Å². The molecule has 2 aromatic carbocycles. The van der Waals surface area contributed by atoms with Gasteiger partial charge in [-0.1, -0.05) is 18.2 Å². The number of benzene rings is 2. The minimum atomic E-state index is -0.397. The van der Waals surface area contributed by atoms with Crippen molar-refractivity contribution >= 4 is 34.0 Å². The normalized spacial score (nSPS) is 10.6. The fourth-order valence-electron chi connectivity index (χ4n) is 2.32. The first-order chi connectivity index (χ1) is 11.0. The van der Waals surface area contributed by atoms with Crippen LogP contribution in [0.4, 0.5) is 23.1 Å². The van der Waals surface area contributed by atoms with E-state index in [-0.39, 0.29) is 11.6 Å². The first kappa shape index (κ1) is 14.5. The van der Waals surface area contributed by atoms with E-state index < -0.39 is 4.92 Å². The number of para-hydroxylation sites is 1. The Bertz CT molecular complexity index is 896. The summed E-state index contributed by atoms with van der Waals surface area (Å²) in [5.41, 5.74) is 13.5. The average Bonchev–Trinajstić information content (AvgIpc) is 2.53. The van der Waals surface area contributed by atoms with Crippen LogP contribution in [-0.4, -0.2) is 14.9 Å². The van der Waals surface area contributed by atoms with E-state index in [1.807, 2.05) is 6.07 Å². The molecule has 3 rings (SSSR count). The lowest BCUT2D eigenvalue weighted by Gasteiger charge is -2.09. The van der Waals surface area contributed by atoms with Crippen LogP contribution < -0.4 is 16.8 Å². The Morgan fingerprint density at radius 1 is 1.13 bits per heavy atom. The number of anilines is 3. The van der Waals surface area contributed by atoms with Gasteiger partial charge < -0.3 is 16.8 Å². The number of hydrogen-bond donors (Lipinski definition) is 3. The Kier molecular flexibility index (Phi) is 3.63. The number of fused-ring (bicyclic) bond motifs is 1. The number of nitrogen functional groups attached to an aromatic ring is 2. The monoisotopic (exact) mass is 310 g/mol. The molecule has 0 unspecified atom stereocenters. The predicted molar refractivity (Wildman–Crippen MR) is 88.8 cm³/mol. The zero-order chi connectivity index (χ0) is 16.4. The van der Waals surface area contributed by atoms with Crippen molar-refractivity contribution in [3.05, 3.63) is 58.1 Å². The molecule has 5 N–H and O–H groups in total. The summed E-state index contributed by atoms with van der Waals surface area (Å²) in [6.45, 7) is 0.318. The first-order valence-electron chi connectivity index (χ1n) is 6.83. The fraction of sp³-hybridized carbons (Fsp3) is 0.0667. The molecule has 0 radical (unpaired) electrons. The lowest BCUT2D eigenvalue weighted by Crippen LogP contribution is -2.04. The Morgan fingerprint density at radius 2 is 1.91 bits per heavy atom. The molecule has 0 spiro atoms. The third-order valence-electron chi connectivity index (χ3n) is 3.41. The van der Waals surface area contributed by atoms with E-state index in [0.29, 0.717) is 28.8 Å². The van der Waals surface area contributed by atoms with Gasteiger partial charge in [0.25, 0.3) is 5.69 Å². The van der Waals surface area contributed by atoms with Gasteiger partial charge in [0.2, 0.25) is 5.95 Å². The van der Waals surface area contributed by atoms with Crippen LogP contribution in [0.2, 0.25) is 0 Å². The zero-order valence-corrected chi connectivity index (χ0v) is 12.1. The van der Waals surface area contributed by atoms with Crippen LogP contribution >= 0.6 is 0 Å². The Morgan fingerprint density at radius 3 is 2.70 bits per heavy atom. The number of rotatable bonds is 4. The van der Waals surface area contributed by atoms with E-state index in [2.05, 4.69) is 15.3 Å². The molecule has 8 heteroatoms. The van der Waals surface area contributed by atoms with E-state index in [9.17, 15) is 10.1 Å². The standard InChI is InChI=1S/C15H14N6O2/c16-14-11-7-10(5-6-12(11)19-15(17)20-14)18-8-9-3-1-2-4-13(9)21(22)23/h1-7,18H,8H2,(H4,16,17,19,20). The molecule has 1 aromatic heterocycles. The summed E-state index contributed by atoms with van der Waals surface area (Å²) in [6.07, 6.45) is 0. The van der Waals surface area contributed by atoms with Crippen molar-refractivity contribution in [3.63, 3.8) is 0 Å². The lowest BCUT2D eigenvalue weighted by atomic mass is 10.1. The number of nitro groups is 1. The van der Waals surface area contributed by atoms with Crippen molar-refractivity contribution in [2.24, 2.45) is 0 Å². The molecule has 3 aromatic rings. The van der Waals surface area contributed by atoms with Crippen LogP contribution in [-0.2, 0) is 6.54 Å². The molecule has 0 fully saturated rings. The molecule has 0 aliphatic heterocycles. The maximum absolute atomic E-state index is 11.0. The van der Waals surface area contributed by atoms with E-state index in [0.717, 1.165) is 5.69 Å². The second kappa shape index (κ2) is 5.76. The van der Waals surface area contributed by atoms with Crippen LogP contribution in [0.15, 0.2) is 42.5 Å². The van der Waals surface area contributed by atoms with Crippen molar-refractivity contribution < 1.29 is 4.92 Å². The molecule has 23 heavy (non-hydrogen) atoms. The van der Waals surface area contributed by atoms with E-state index >= 15 is 0 Å². The van der Waals surface area contributed by atoms with Gasteiger partial charge in [0.05, 0.1) is 10.4 Å². The van der Waals surface area contributed by atoms with Gasteiger partial charge in [0.15, 0.2) is 0 Å². The van der Waals surface area contributed by atoms with Crippen molar-refractivity contribution in [1.29, 1.82) is 0 Å². The molecule has 0 saturated heterocycles. The second-order valence-electron chi connectivity index (χ2n) is 4.94. The number of hydrogen-bond acceptors (Lipinski definition) is 7. The quantitative estimate of drug-likeness (QED) is 0.497. The minimum Gasteiger partial charge on any atom is -0.383 e. The summed E-state index contributed by atoms with van der Waals surface area (Å²) in [5, 5.41) is 14.8. The van der Waals surface area contributed by atoms with Crippen molar-refractivity contribution in [3.8, 4) is 0 Å². The molecule has 8 nitrogen and oxygen atoms in total. The summed E-state index contributed by atoms with van der Waals surface area (Å²) >= 11 is 0. The van der Waals surface area contributed by atoms with Gasteiger partial charge in [-0.15, -0.1) is 0 Å². The predicted octanol–water partition coefficient (Wildman–Crippen LogP) is 2.31. The number of nitro benzene ring substituents is 1. The van der Waals surface area contributed by atoms with Gasteiger partial charge >= 0.3 is 0 Å². The summed E-state index contributed by atoms with van der Waals surface area (Å²) < 4.78 is 0. The topological polar surface area (TPSA) is 133 Å². The highest BCUT2D eigenvalue weighted by Gasteiger charge is 2.12. The summed E-state index contributed by atoms with van der Waals surface area (Å²) in [7, 11) is 0. The Balaban J connectivity index is 1.87. The highest BCUT2D eigenvalue weighted by molar-refractivity contribution is 5.91. The van der Waals surface area contributed by atoms with Gasteiger partial charge in [-0.25, -0.2) is 4.98 Å². The maximum atomic E-state index is 11.0. The molecule has 116 valence electrons. The lowest BCUT2D eigenvalue weighted by molar-refractivity contribution is -0.385. The number of nitrogens with one attached hydrogen (secondary N) is 1. The molecular weight excluding hydrogens is 296 g/mol. The number of aromatic nitrogens is 2. The van der Waals surface area contributed by atoms with Crippen molar-refractivity contribution in [2.45, 2.75) is 6.54 Å². The van der Waals surface area contributed by atoms with Crippen LogP contribution in [0.3, 0.4) is 0 Å². The minimum absolute atomic E-state index is 0.0800. The fourth-order valence-corrected chi connectivity index (χ4v) is 2.32. The highest BCUT2D eigenvalue weighted by atomic mass is 16.6. The summed E-state index contributed by atoms with van der Waals surface area (Å²) in [6, 6.07) is 12.0. The summed E-state index contributed by atoms with van der Waals surface area (Å²) in [4.78, 5) is 18.6. The molecule has 0 bridgehead atoms. The maximum Gasteiger partial charge on any atom is 0.274 e. The van der Waals surface area contributed by atoms with Gasteiger partial charge in [-0.2, -0.15) is 4.98 Å². The number of nitrogens with zero attached hydrogens (tertiary/aromatic N) is 3. The van der Waals surface area contributed by atoms with Crippen molar-refractivity contribution in [2.75, 3.05) is 16.8 Å². The zero-order valence-electron chi connectivity index (χ0n) is 12.1. The van der Waals surface area contributed by atoms with Crippen LogP contribution in [0.25, 0.3) is 10.9 Å². The SMILES string of the molecule is Nc1nc(N)c2cc(NCc3ccccc3[N+](=O)[O-])ccc2n1. The van der Waals surface area contributed by atoms with E-state index in [4.69, 9.17) is 11.5 Å². The Hall–Kier alpha value is -3.42. The van der Waals surface area contributed by atoms with Gasteiger partial charge in [-0.3, -0.25) is 10.1 Å². The second-order valence-corrected chi connectivity index (χ2v) is 4.94. The molecular formula is C15H14N6O2. The molecule has 0 amide bonds. The Labute approximate surface area is 131 Å². The highest BCUT2D eigenvalue weighted by Crippen LogP contribution is 2.24. The van der Waals surface area contributed by atoms with Crippen LogP contribution in [0.1, 0.15) is 5.56 Å². The smallest absolute Gasteiger partial charge is 0.274 e. The van der Waals surface area contributed by atoms with Gasteiger partial charge in [0.1, 0.15) is 5.82 Å². The largest absolute Gasteiger partial charge is 0.383 e. The van der Waals surface area contributed by atoms with Gasteiger partial charge in [-0.05, 0) is 18.2 Å². The third-order valence-corrected chi connectivity index (χ3v) is 3.41. The average molecular weight is 310 g/mol. The number of nitrogens with two attached hydrogens (primary N) is 2. The molecule has 0 saturated carbocycles. The molecule has 0 atom stereocenters. The van der Waals surface area contributed by atoms with E-state index in [1.165, 1.54) is 6.07 Å². The molecule has 0 aliphatic rings. The third kappa shape index (κ3) is 2.95.